The summed E-state index contributed by atoms with van der Waals surface area (Å²) >= 11 is 23.6. The lowest BCUT2D eigenvalue weighted by Crippen LogP contribution is -2.23. The molecule has 3 aromatic rings. The summed E-state index contributed by atoms with van der Waals surface area (Å²) in [6, 6.07) is 13.1. The smallest absolute Gasteiger partial charge is 0.248 e. The van der Waals surface area contributed by atoms with Crippen LogP contribution in [0.2, 0.25) is 20.1 Å². The van der Waals surface area contributed by atoms with Crippen molar-refractivity contribution in [2.45, 2.75) is 6.42 Å². The highest BCUT2D eigenvalue weighted by Gasteiger charge is 2.11. The summed E-state index contributed by atoms with van der Waals surface area (Å²) in [4.78, 5) is 10.5. The van der Waals surface area contributed by atoms with Crippen molar-refractivity contribution in [2.75, 3.05) is 26.8 Å². The zero-order chi connectivity index (χ0) is 26.7. The van der Waals surface area contributed by atoms with E-state index in [9.17, 15) is 4.79 Å². The Morgan fingerprint density at radius 1 is 1.00 bits per heavy atom. The van der Waals surface area contributed by atoms with E-state index in [0.29, 0.717) is 45.3 Å². The Morgan fingerprint density at radius 2 is 1.75 bits per heavy atom. The second kappa shape index (κ2) is 14.8. The Kier molecular flexibility index (Phi) is 12.1. The third kappa shape index (κ3) is 9.08. The van der Waals surface area contributed by atoms with Gasteiger partial charge in [0.25, 0.3) is 0 Å². The summed E-state index contributed by atoms with van der Waals surface area (Å²) in [6.07, 6.45) is 2.05. The van der Waals surface area contributed by atoms with Crippen molar-refractivity contribution in [3.8, 4) is 17.2 Å². The maximum absolute atomic E-state index is 10.5. The third-order valence-electron chi connectivity index (χ3n) is 4.75. The van der Waals surface area contributed by atoms with Crippen LogP contribution in [0.1, 0.15) is 21.5 Å². The Morgan fingerprint density at radius 3 is 2.36 bits per heavy atom. The highest BCUT2D eigenvalue weighted by atomic mass is 35.5. The van der Waals surface area contributed by atoms with Gasteiger partial charge in [-0.15, -0.1) is 0 Å². The standard InChI is InChI=1S/C18H19Cl3N2O2.C7H6ClNO2/c1-24-17-10-13(11-22)9-16(21)18(17)25-7-6-23-5-4-12-2-3-14(19)15(20)8-12;8-5-3-4(7(9)11)1-2-6(5)10/h2-3,8-11,22-23H,4-7H2,1H3;1-3,10H,(H2,9,11). The molecular weight excluding hydrogens is 548 g/mol. The lowest BCUT2D eigenvalue weighted by atomic mass is 10.1. The Balaban J connectivity index is 0.000000346. The van der Waals surface area contributed by atoms with Gasteiger partial charge in [0.1, 0.15) is 12.4 Å². The first-order valence-corrected chi connectivity index (χ1v) is 12.1. The molecule has 0 bridgehead atoms. The largest absolute Gasteiger partial charge is 0.506 e. The number of phenolic OH excluding ortho intramolecular Hbond substituents is 1. The second-order valence-electron chi connectivity index (χ2n) is 7.31. The summed E-state index contributed by atoms with van der Waals surface area (Å²) in [5, 5.41) is 21.2. The number of halogens is 4. The van der Waals surface area contributed by atoms with Gasteiger partial charge in [-0.1, -0.05) is 52.5 Å². The lowest BCUT2D eigenvalue weighted by molar-refractivity contribution is 0.100. The van der Waals surface area contributed by atoms with Crippen LogP contribution in [0.5, 0.6) is 17.2 Å². The van der Waals surface area contributed by atoms with E-state index in [2.05, 4.69) is 5.32 Å². The number of primary amides is 1. The molecule has 0 aliphatic heterocycles. The fraction of sp³-hybridized carbons (Fsp3) is 0.200. The average molecular weight is 573 g/mol. The summed E-state index contributed by atoms with van der Waals surface area (Å²) in [6.45, 7) is 1.90. The van der Waals surface area contributed by atoms with Crippen molar-refractivity contribution >= 4 is 58.5 Å². The number of nitrogens with one attached hydrogen (secondary N) is 2. The predicted octanol–water partition coefficient (Wildman–Crippen LogP) is 6.01. The monoisotopic (exact) mass is 571 g/mol. The molecule has 0 fully saturated rings. The van der Waals surface area contributed by atoms with Crippen LogP contribution in [0.3, 0.4) is 0 Å². The predicted molar refractivity (Wildman–Crippen MR) is 146 cm³/mol. The van der Waals surface area contributed by atoms with Gasteiger partial charge >= 0.3 is 0 Å². The third-order valence-corrected chi connectivity index (χ3v) is 6.07. The average Bonchev–Trinajstić information content (AvgIpc) is 2.85. The van der Waals surface area contributed by atoms with E-state index in [1.807, 2.05) is 12.1 Å². The van der Waals surface area contributed by atoms with Crippen LogP contribution >= 0.6 is 46.4 Å². The van der Waals surface area contributed by atoms with Crippen LogP contribution < -0.4 is 20.5 Å². The Labute approximate surface area is 229 Å². The van der Waals surface area contributed by atoms with Crippen molar-refractivity contribution in [1.29, 1.82) is 5.41 Å². The minimum Gasteiger partial charge on any atom is -0.506 e. The molecule has 11 heteroatoms. The van der Waals surface area contributed by atoms with Crippen molar-refractivity contribution in [2.24, 2.45) is 5.73 Å². The van der Waals surface area contributed by atoms with E-state index >= 15 is 0 Å². The topological polar surface area (TPSA) is 118 Å². The first kappa shape index (κ1) is 29.5. The molecule has 5 N–H and O–H groups in total. The van der Waals surface area contributed by atoms with E-state index in [-0.39, 0.29) is 16.3 Å². The normalized spacial score (nSPS) is 10.2. The zero-order valence-electron chi connectivity index (χ0n) is 19.3. The van der Waals surface area contributed by atoms with Crippen molar-refractivity contribution in [3.05, 3.63) is 85.3 Å². The number of benzene rings is 3. The molecule has 0 aromatic heterocycles. The lowest BCUT2D eigenvalue weighted by Gasteiger charge is -2.13. The van der Waals surface area contributed by atoms with E-state index < -0.39 is 5.91 Å². The molecule has 7 nitrogen and oxygen atoms in total. The van der Waals surface area contributed by atoms with E-state index in [1.165, 1.54) is 24.4 Å². The molecule has 0 aliphatic rings. The van der Waals surface area contributed by atoms with Crippen molar-refractivity contribution < 1.29 is 19.4 Å². The van der Waals surface area contributed by atoms with Gasteiger partial charge in [0.05, 0.1) is 27.2 Å². The van der Waals surface area contributed by atoms with Crippen molar-refractivity contribution in [1.82, 2.24) is 5.32 Å². The molecule has 3 aromatic carbocycles. The van der Waals surface area contributed by atoms with Crippen LogP contribution in [0.25, 0.3) is 0 Å². The summed E-state index contributed by atoms with van der Waals surface area (Å²) in [5.41, 5.74) is 7.02. The molecular formula is C25H25Cl4N3O4. The molecule has 0 unspecified atom stereocenters. The number of rotatable bonds is 10. The molecule has 192 valence electrons. The molecule has 0 heterocycles. The van der Waals surface area contributed by atoms with Gasteiger partial charge in [-0.25, -0.2) is 0 Å². The molecule has 0 atom stereocenters. The van der Waals surface area contributed by atoms with Crippen LogP contribution in [0.15, 0.2) is 48.5 Å². The van der Waals surface area contributed by atoms with Gasteiger partial charge in [0.15, 0.2) is 11.5 Å². The second-order valence-corrected chi connectivity index (χ2v) is 8.93. The minimum atomic E-state index is -0.563. The number of carbonyl (C=O) groups excluding carboxylic acids is 1. The summed E-state index contributed by atoms with van der Waals surface area (Å²) in [5.74, 6) is 0.381. The van der Waals surface area contributed by atoms with Gasteiger partial charge in [0, 0.05) is 18.3 Å². The SMILES string of the molecule is COc1cc(C=N)cc(Cl)c1OCCNCCc1ccc(Cl)c(Cl)c1.NC(=O)c1ccc(O)c(Cl)c1. The minimum absolute atomic E-state index is 0.0586. The number of carbonyl (C=O) groups is 1. The molecule has 0 saturated heterocycles. The first-order chi connectivity index (χ1) is 17.2. The maximum atomic E-state index is 10.5. The van der Waals surface area contributed by atoms with Gasteiger partial charge in [0.2, 0.25) is 5.91 Å². The number of phenols is 1. The summed E-state index contributed by atoms with van der Waals surface area (Å²) in [7, 11) is 1.54. The van der Waals surface area contributed by atoms with Crippen LogP contribution in [-0.4, -0.2) is 44.0 Å². The van der Waals surface area contributed by atoms with Crippen molar-refractivity contribution in [3.63, 3.8) is 0 Å². The Hall–Kier alpha value is -2.68. The van der Waals surface area contributed by atoms with E-state index in [1.54, 1.807) is 25.3 Å². The highest BCUT2D eigenvalue weighted by Crippen LogP contribution is 2.36. The molecule has 0 saturated carbocycles. The Bertz CT molecular complexity index is 1210. The van der Waals surface area contributed by atoms with Gasteiger partial charge in [-0.05, 0) is 66.6 Å². The highest BCUT2D eigenvalue weighted by molar-refractivity contribution is 6.42. The van der Waals surface area contributed by atoms with E-state index in [0.717, 1.165) is 18.5 Å². The fourth-order valence-electron chi connectivity index (χ4n) is 2.90. The quantitative estimate of drug-likeness (QED) is 0.175. The molecule has 36 heavy (non-hydrogen) atoms. The van der Waals surface area contributed by atoms with Gasteiger partial charge in [-0.3, -0.25) is 4.79 Å². The van der Waals surface area contributed by atoms with Crippen LogP contribution in [-0.2, 0) is 6.42 Å². The van der Waals surface area contributed by atoms with Crippen LogP contribution in [0, 0.1) is 5.41 Å². The molecule has 0 spiro atoms. The number of amides is 1. The van der Waals surface area contributed by atoms with E-state index in [4.69, 9.17) is 72.1 Å². The molecule has 1 amide bonds. The number of nitrogens with two attached hydrogens (primary N) is 1. The first-order valence-electron chi connectivity index (χ1n) is 10.6. The fourth-order valence-corrected chi connectivity index (χ4v) is 3.68. The van der Waals surface area contributed by atoms with Gasteiger partial charge in [-0.2, -0.15) is 0 Å². The maximum Gasteiger partial charge on any atom is 0.248 e. The molecule has 0 radical (unpaired) electrons. The van der Waals surface area contributed by atoms with Gasteiger partial charge < -0.3 is 31.0 Å². The number of methoxy groups -OCH3 is 1. The molecule has 3 rings (SSSR count). The number of hydrogen-bond donors (Lipinski definition) is 4. The van der Waals surface area contributed by atoms with Crippen LogP contribution in [0.4, 0.5) is 0 Å². The number of hydrogen-bond acceptors (Lipinski definition) is 6. The molecule has 0 aliphatic carbocycles. The zero-order valence-corrected chi connectivity index (χ0v) is 22.3. The number of aromatic hydroxyl groups is 1. The number of ether oxygens (including phenoxy) is 2. The summed E-state index contributed by atoms with van der Waals surface area (Å²) < 4.78 is 11.0.